The average Bonchev–Trinajstić information content (AvgIpc) is 3.23. The van der Waals surface area contributed by atoms with Crippen LogP contribution in [-0.2, 0) is 32.0 Å². The number of hydrogen-bond acceptors (Lipinski definition) is 6. The smallest absolute Gasteiger partial charge is 0.308 e. The molecule has 2 aromatic heterocycles. The lowest BCUT2D eigenvalue weighted by atomic mass is 10.1. The molecule has 154 valence electrons. The van der Waals surface area contributed by atoms with Crippen molar-refractivity contribution in [3.8, 4) is 0 Å². The average molecular weight is 416 g/mol. The van der Waals surface area contributed by atoms with Gasteiger partial charge in [-0.25, -0.2) is 0 Å². The van der Waals surface area contributed by atoms with Gasteiger partial charge in [-0.05, 0) is 36.9 Å². The quantitative estimate of drug-likeness (QED) is 0.585. The monoisotopic (exact) mass is 415 g/mol. The third-order valence-electron chi connectivity index (χ3n) is 4.83. The normalized spacial score (nSPS) is 16.9. The molecule has 3 rings (SSSR count). The molecule has 7 nitrogen and oxygen atoms in total. The summed E-state index contributed by atoms with van der Waals surface area (Å²) >= 11 is 1.61. The van der Waals surface area contributed by atoms with Crippen LogP contribution in [0, 0.1) is 0 Å². The number of aromatic nitrogens is 1. The predicted octanol–water partition coefficient (Wildman–Crippen LogP) is 1.92. The van der Waals surface area contributed by atoms with Crippen molar-refractivity contribution in [1.29, 1.82) is 0 Å². The Morgan fingerprint density at radius 2 is 2.07 bits per heavy atom. The van der Waals surface area contributed by atoms with Crippen LogP contribution >= 0.6 is 11.3 Å². The van der Waals surface area contributed by atoms with Gasteiger partial charge in [-0.3, -0.25) is 19.4 Å². The second-order valence-electron chi connectivity index (χ2n) is 6.77. The summed E-state index contributed by atoms with van der Waals surface area (Å²) in [6.45, 7) is 2.78. The van der Waals surface area contributed by atoms with Crippen LogP contribution in [0.4, 0.5) is 0 Å². The molecule has 0 spiro atoms. The van der Waals surface area contributed by atoms with E-state index in [0.717, 1.165) is 10.6 Å². The summed E-state index contributed by atoms with van der Waals surface area (Å²) in [7, 11) is 0. The molecule has 1 aliphatic heterocycles. The lowest BCUT2D eigenvalue weighted by Crippen LogP contribution is -2.61. The topological polar surface area (TPSA) is 79.8 Å². The van der Waals surface area contributed by atoms with Gasteiger partial charge in [-0.2, -0.15) is 0 Å². The minimum atomic E-state index is -0.820. The molecule has 0 radical (unpaired) electrons. The number of esters is 1. The third-order valence-corrected chi connectivity index (χ3v) is 5.76. The first-order valence-corrected chi connectivity index (χ1v) is 10.6. The van der Waals surface area contributed by atoms with Gasteiger partial charge in [0, 0.05) is 36.3 Å². The van der Waals surface area contributed by atoms with Gasteiger partial charge in [0.1, 0.15) is 6.04 Å². The van der Waals surface area contributed by atoms with Crippen molar-refractivity contribution < 1.29 is 19.1 Å². The van der Waals surface area contributed by atoms with Crippen molar-refractivity contribution in [3.63, 3.8) is 0 Å². The lowest BCUT2D eigenvalue weighted by Gasteiger charge is -2.40. The Balaban J connectivity index is 1.70. The number of carbonyl (C=O) groups is 3. The first-order valence-electron chi connectivity index (χ1n) is 9.74. The van der Waals surface area contributed by atoms with Gasteiger partial charge in [-0.15, -0.1) is 11.3 Å². The fraction of sp³-hybridized carbons (Fsp3) is 0.429. The molecule has 1 saturated heterocycles. The predicted molar refractivity (Wildman–Crippen MR) is 109 cm³/mol. The zero-order chi connectivity index (χ0) is 20.6. The Kier molecular flexibility index (Phi) is 7.35. The van der Waals surface area contributed by atoms with Crippen LogP contribution in [0.25, 0.3) is 0 Å². The number of rotatable bonds is 9. The second-order valence-corrected chi connectivity index (χ2v) is 7.80. The maximum atomic E-state index is 13.1. The molecular weight excluding hydrogens is 390 g/mol. The molecular formula is C21H25N3O4S. The van der Waals surface area contributed by atoms with Gasteiger partial charge in [0.2, 0.25) is 11.8 Å². The first kappa shape index (κ1) is 21.0. The highest BCUT2D eigenvalue weighted by Crippen LogP contribution is 2.19. The lowest BCUT2D eigenvalue weighted by molar-refractivity contribution is -0.160. The minimum absolute atomic E-state index is 0.0232. The fourth-order valence-electron chi connectivity index (χ4n) is 3.38. The van der Waals surface area contributed by atoms with Crippen LogP contribution in [-0.4, -0.2) is 64.9 Å². The van der Waals surface area contributed by atoms with E-state index in [1.807, 2.05) is 35.7 Å². The zero-order valence-electron chi connectivity index (χ0n) is 16.5. The molecule has 29 heavy (non-hydrogen) atoms. The molecule has 8 heteroatoms. The SMILES string of the molecule is CCOC(=O)CC1C(=O)N(CCc2ccccn2)CC(=O)N1CCc1cccs1. The highest BCUT2D eigenvalue weighted by atomic mass is 32.1. The zero-order valence-corrected chi connectivity index (χ0v) is 17.3. The molecule has 0 aromatic carbocycles. The molecule has 1 fully saturated rings. The number of amides is 2. The molecule has 2 amide bonds. The Morgan fingerprint density at radius 3 is 2.76 bits per heavy atom. The van der Waals surface area contributed by atoms with Gasteiger partial charge >= 0.3 is 5.97 Å². The molecule has 1 unspecified atom stereocenters. The van der Waals surface area contributed by atoms with Crippen molar-refractivity contribution in [2.75, 3.05) is 26.2 Å². The van der Waals surface area contributed by atoms with Crippen LogP contribution in [0.1, 0.15) is 23.9 Å². The van der Waals surface area contributed by atoms with E-state index in [1.165, 1.54) is 9.80 Å². The van der Waals surface area contributed by atoms with Gasteiger partial charge in [0.05, 0.1) is 19.6 Å². The Hall–Kier alpha value is -2.74. The first-order chi connectivity index (χ1) is 14.1. The van der Waals surface area contributed by atoms with Gasteiger partial charge < -0.3 is 14.5 Å². The van der Waals surface area contributed by atoms with Gasteiger partial charge in [-0.1, -0.05) is 12.1 Å². The van der Waals surface area contributed by atoms with E-state index in [9.17, 15) is 14.4 Å². The highest BCUT2D eigenvalue weighted by Gasteiger charge is 2.40. The van der Waals surface area contributed by atoms with Gasteiger partial charge in [0.15, 0.2) is 0 Å². The number of nitrogens with zero attached hydrogens (tertiary/aromatic N) is 3. The van der Waals surface area contributed by atoms with Crippen LogP contribution in [0.15, 0.2) is 41.9 Å². The van der Waals surface area contributed by atoms with E-state index in [0.29, 0.717) is 25.9 Å². The minimum Gasteiger partial charge on any atom is -0.466 e. The number of carbonyl (C=O) groups excluding carboxylic acids is 3. The molecule has 0 saturated carbocycles. The molecule has 1 atom stereocenters. The third kappa shape index (κ3) is 5.63. The maximum absolute atomic E-state index is 13.1. The number of thiophene rings is 1. The van der Waals surface area contributed by atoms with Crippen LogP contribution < -0.4 is 0 Å². The van der Waals surface area contributed by atoms with E-state index in [1.54, 1.807) is 24.5 Å². The Bertz CT molecular complexity index is 826. The summed E-state index contributed by atoms with van der Waals surface area (Å²) < 4.78 is 5.04. The van der Waals surface area contributed by atoms with Gasteiger partial charge in [0.25, 0.3) is 0 Å². The van der Waals surface area contributed by atoms with Crippen molar-refractivity contribution in [1.82, 2.24) is 14.8 Å². The largest absolute Gasteiger partial charge is 0.466 e. The Labute approximate surface area is 174 Å². The van der Waals surface area contributed by atoms with E-state index in [4.69, 9.17) is 4.74 Å². The van der Waals surface area contributed by atoms with E-state index in [-0.39, 0.29) is 31.4 Å². The maximum Gasteiger partial charge on any atom is 0.308 e. The van der Waals surface area contributed by atoms with E-state index >= 15 is 0 Å². The summed E-state index contributed by atoms with van der Waals surface area (Å²) in [4.78, 5) is 46.5. The number of hydrogen-bond donors (Lipinski definition) is 0. The number of piperazine rings is 1. The van der Waals surface area contributed by atoms with Crippen molar-refractivity contribution in [3.05, 3.63) is 52.5 Å². The van der Waals surface area contributed by atoms with Crippen molar-refractivity contribution in [2.24, 2.45) is 0 Å². The van der Waals surface area contributed by atoms with Crippen LogP contribution in [0.2, 0.25) is 0 Å². The summed E-state index contributed by atoms with van der Waals surface area (Å²) in [6.07, 6.45) is 2.79. The molecule has 2 aromatic rings. The summed E-state index contributed by atoms with van der Waals surface area (Å²) in [5.74, 6) is -0.817. The fourth-order valence-corrected chi connectivity index (χ4v) is 4.07. The summed E-state index contributed by atoms with van der Waals surface area (Å²) in [5.41, 5.74) is 0.856. The molecule has 0 aliphatic carbocycles. The summed E-state index contributed by atoms with van der Waals surface area (Å²) in [6, 6.07) is 8.75. The summed E-state index contributed by atoms with van der Waals surface area (Å²) in [5, 5.41) is 1.98. The van der Waals surface area contributed by atoms with Crippen molar-refractivity contribution in [2.45, 2.75) is 32.2 Å². The molecule has 1 aliphatic rings. The number of ether oxygens (including phenoxy) is 1. The standard InChI is InChI=1S/C21H25N3O4S/c1-2-28-20(26)14-18-21(27)23(11-8-16-6-3-4-10-22-16)15-19(25)24(18)12-9-17-7-5-13-29-17/h3-7,10,13,18H,2,8-9,11-12,14-15H2,1H3. The van der Waals surface area contributed by atoms with Crippen LogP contribution in [0.5, 0.6) is 0 Å². The van der Waals surface area contributed by atoms with E-state index in [2.05, 4.69) is 4.98 Å². The Morgan fingerprint density at radius 1 is 1.21 bits per heavy atom. The van der Waals surface area contributed by atoms with E-state index < -0.39 is 12.0 Å². The molecule has 0 N–H and O–H groups in total. The number of pyridine rings is 1. The van der Waals surface area contributed by atoms with Crippen molar-refractivity contribution >= 4 is 29.1 Å². The molecule has 3 heterocycles. The van der Waals surface area contributed by atoms with Crippen LogP contribution in [0.3, 0.4) is 0 Å². The second kappa shape index (κ2) is 10.2. The molecule has 0 bridgehead atoms. The highest BCUT2D eigenvalue weighted by molar-refractivity contribution is 7.09.